The fourth-order valence-electron chi connectivity index (χ4n) is 3.34. The Bertz CT molecular complexity index is 1120. The second kappa shape index (κ2) is 10.1. The highest BCUT2D eigenvalue weighted by molar-refractivity contribution is 7.92. The zero-order valence-corrected chi connectivity index (χ0v) is 19.4. The van der Waals surface area contributed by atoms with Gasteiger partial charge in [0.25, 0.3) is 0 Å². The van der Waals surface area contributed by atoms with Crippen LogP contribution in [0, 0.1) is 5.82 Å². The van der Waals surface area contributed by atoms with Crippen LogP contribution in [0.1, 0.15) is 19.4 Å². The lowest BCUT2D eigenvalue weighted by atomic mass is 10.1. The molecule has 1 unspecified atom stereocenters. The molecule has 0 saturated carbocycles. The van der Waals surface area contributed by atoms with Crippen molar-refractivity contribution < 1.29 is 31.9 Å². The highest BCUT2D eigenvalue weighted by Crippen LogP contribution is 2.36. The molecule has 2 amide bonds. The molecule has 0 spiro atoms. The summed E-state index contributed by atoms with van der Waals surface area (Å²) in [7, 11) is -2.41. The Balaban J connectivity index is 1.93. The van der Waals surface area contributed by atoms with Crippen molar-refractivity contribution >= 4 is 27.5 Å². The van der Waals surface area contributed by atoms with Crippen LogP contribution in [-0.2, 0) is 26.2 Å². The zero-order valence-electron chi connectivity index (χ0n) is 18.6. The fourth-order valence-corrected chi connectivity index (χ4v) is 4.39. The molecule has 2 aromatic carbocycles. The third-order valence-corrected chi connectivity index (χ3v) is 7.04. The molecule has 33 heavy (non-hydrogen) atoms. The predicted octanol–water partition coefficient (Wildman–Crippen LogP) is 1.87. The van der Waals surface area contributed by atoms with Crippen LogP contribution in [-0.4, -0.2) is 57.3 Å². The first kappa shape index (κ1) is 24.3. The number of carbonyl (C=O) groups is 2. The number of halogens is 1. The first-order chi connectivity index (χ1) is 15.7. The summed E-state index contributed by atoms with van der Waals surface area (Å²) in [6.45, 7) is 2.50. The van der Waals surface area contributed by atoms with Gasteiger partial charge in [-0.1, -0.05) is 12.1 Å². The summed E-state index contributed by atoms with van der Waals surface area (Å²) in [5.41, 5.74) is 0.831. The summed E-state index contributed by atoms with van der Waals surface area (Å²) < 4.78 is 50.7. The Labute approximate surface area is 192 Å². The van der Waals surface area contributed by atoms with Crippen molar-refractivity contribution in [1.29, 1.82) is 0 Å². The molecule has 0 aliphatic carbocycles. The Kier molecular flexibility index (Phi) is 7.42. The smallest absolute Gasteiger partial charge is 0.244 e. The minimum atomic E-state index is -3.85. The number of benzene rings is 2. The maximum Gasteiger partial charge on any atom is 0.244 e. The fraction of sp³-hybridized carbons (Fsp3) is 0.364. The second-order valence-electron chi connectivity index (χ2n) is 7.38. The number of sulfonamides is 1. The maximum atomic E-state index is 13.4. The summed E-state index contributed by atoms with van der Waals surface area (Å²) in [6.07, 6.45) is 0. The van der Waals surface area contributed by atoms with Gasteiger partial charge in [0.1, 0.15) is 18.4 Å². The highest BCUT2D eigenvalue weighted by atomic mass is 32.2. The summed E-state index contributed by atoms with van der Waals surface area (Å²) >= 11 is 0. The Morgan fingerprint density at radius 3 is 2.42 bits per heavy atom. The van der Waals surface area contributed by atoms with E-state index >= 15 is 0 Å². The minimum absolute atomic E-state index is 0.00511. The van der Waals surface area contributed by atoms with E-state index in [1.54, 1.807) is 13.0 Å². The van der Waals surface area contributed by atoms with Crippen LogP contribution in [0.4, 0.5) is 10.1 Å². The summed E-state index contributed by atoms with van der Waals surface area (Å²) in [5, 5.41) is 2.49. The molecular weight excluding hydrogens is 453 g/mol. The third kappa shape index (κ3) is 5.54. The van der Waals surface area contributed by atoms with Gasteiger partial charge in [0, 0.05) is 19.7 Å². The molecule has 3 rings (SSSR count). The number of amides is 2. The number of nitrogens with one attached hydrogen (secondary N) is 1. The normalized spacial score (nSPS) is 13.3. The van der Waals surface area contributed by atoms with Gasteiger partial charge in [0.05, 0.1) is 11.4 Å². The summed E-state index contributed by atoms with van der Waals surface area (Å²) in [6, 6.07) is 9.22. The number of anilines is 1. The van der Waals surface area contributed by atoms with E-state index in [0.717, 1.165) is 4.31 Å². The zero-order chi connectivity index (χ0) is 24.2. The topological polar surface area (TPSA) is 105 Å². The van der Waals surface area contributed by atoms with E-state index < -0.39 is 40.2 Å². The lowest BCUT2D eigenvalue weighted by Gasteiger charge is -2.31. The monoisotopic (exact) mass is 479 g/mol. The molecule has 178 valence electrons. The number of rotatable bonds is 9. The molecule has 2 aromatic rings. The molecule has 1 heterocycles. The molecule has 11 heteroatoms. The Hall–Kier alpha value is -3.34. The molecule has 1 N–H and O–H groups in total. The molecule has 1 aliphatic heterocycles. The minimum Gasteiger partial charge on any atom is -0.454 e. The number of carbonyl (C=O) groups excluding carboxylic acids is 2. The molecule has 0 fully saturated rings. The predicted molar refractivity (Wildman–Crippen MR) is 120 cm³/mol. The lowest BCUT2D eigenvalue weighted by molar-refractivity contribution is -0.139. The second-order valence-corrected chi connectivity index (χ2v) is 9.57. The van der Waals surface area contributed by atoms with Crippen molar-refractivity contribution in [3.63, 3.8) is 0 Å². The van der Waals surface area contributed by atoms with Crippen molar-refractivity contribution in [3.05, 3.63) is 53.8 Å². The van der Waals surface area contributed by atoms with E-state index in [-0.39, 0.29) is 24.8 Å². The summed E-state index contributed by atoms with van der Waals surface area (Å²) in [5.74, 6) is -0.830. The molecule has 0 saturated heterocycles. The van der Waals surface area contributed by atoms with Crippen LogP contribution in [0.15, 0.2) is 42.5 Å². The van der Waals surface area contributed by atoms with Crippen LogP contribution < -0.4 is 19.1 Å². The average molecular weight is 480 g/mol. The van der Waals surface area contributed by atoms with Gasteiger partial charge in [-0.05, 0) is 43.7 Å². The van der Waals surface area contributed by atoms with Crippen molar-refractivity contribution in [2.75, 3.05) is 30.4 Å². The maximum absolute atomic E-state index is 13.4. The van der Waals surface area contributed by atoms with E-state index in [4.69, 9.17) is 9.47 Å². The van der Waals surface area contributed by atoms with Gasteiger partial charge >= 0.3 is 0 Å². The van der Waals surface area contributed by atoms with E-state index in [1.807, 2.05) is 0 Å². The van der Waals surface area contributed by atoms with Crippen LogP contribution in [0.25, 0.3) is 0 Å². The Morgan fingerprint density at radius 2 is 1.79 bits per heavy atom. The number of fused-ring (bicyclic) bond motifs is 1. The average Bonchev–Trinajstić information content (AvgIpc) is 3.28. The van der Waals surface area contributed by atoms with Crippen LogP contribution in [0.5, 0.6) is 11.5 Å². The van der Waals surface area contributed by atoms with Crippen LogP contribution >= 0.6 is 0 Å². The van der Waals surface area contributed by atoms with Crippen molar-refractivity contribution in [3.8, 4) is 11.5 Å². The molecule has 1 aliphatic rings. The standard InChI is InChI=1S/C22H26FN3O6S/c1-4-33(29,30)26(18-9-10-19-20(11-18)32-14-31-19)13-21(27)25(15(2)22(28)24-3)12-16-5-7-17(23)8-6-16/h5-11,15H,4,12-14H2,1-3H3,(H,24,28). The quantitative estimate of drug-likeness (QED) is 0.589. The van der Waals surface area contributed by atoms with Gasteiger partial charge in [-0.25, -0.2) is 12.8 Å². The lowest BCUT2D eigenvalue weighted by Crippen LogP contribution is -2.50. The molecule has 0 radical (unpaired) electrons. The highest BCUT2D eigenvalue weighted by Gasteiger charge is 2.31. The molecule has 1 atom stereocenters. The van der Waals surface area contributed by atoms with Crippen molar-refractivity contribution in [2.24, 2.45) is 0 Å². The first-order valence-corrected chi connectivity index (χ1v) is 11.9. The number of hydrogen-bond donors (Lipinski definition) is 1. The van der Waals surface area contributed by atoms with E-state index in [1.165, 1.54) is 55.3 Å². The van der Waals surface area contributed by atoms with E-state index in [9.17, 15) is 22.4 Å². The molecule has 0 bridgehead atoms. The van der Waals surface area contributed by atoms with E-state index in [0.29, 0.717) is 17.1 Å². The van der Waals surface area contributed by atoms with Gasteiger partial charge in [-0.15, -0.1) is 0 Å². The van der Waals surface area contributed by atoms with E-state index in [2.05, 4.69) is 5.32 Å². The first-order valence-electron chi connectivity index (χ1n) is 10.3. The number of hydrogen-bond acceptors (Lipinski definition) is 6. The number of ether oxygens (including phenoxy) is 2. The van der Waals surface area contributed by atoms with Crippen LogP contribution in [0.3, 0.4) is 0 Å². The molecular formula is C22H26FN3O6S. The van der Waals surface area contributed by atoms with Gasteiger partial charge in [-0.2, -0.15) is 0 Å². The van der Waals surface area contributed by atoms with Gasteiger partial charge < -0.3 is 19.7 Å². The Morgan fingerprint density at radius 1 is 1.12 bits per heavy atom. The largest absolute Gasteiger partial charge is 0.454 e. The summed E-state index contributed by atoms with van der Waals surface area (Å²) in [4.78, 5) is 26.9. The SMILES string of the molecule is CCS(=O)(=O)N(CC(=O)N(Cc1ccc(F)cc1)C(C)C(=O)NC)c1ccc2c(c1)OCO2. The van der Waals surface area contributed by atoms with Gasteiger partial charge in [-0.3, -0.25) is 13.9 Å². The number of likely N-dealkylation sites (N-methyl/N-ethyl adjacent to an activating group) is 1. The third-order valence-electron chi connectivity index (χ3n) is 5.30. The van der Waals surface area contributed by atoms with Crippen molar-refractivity contribution in [1.82, 2.24) is 10.2 Å². The van der Waals surface area contributed by atoms with Crippen LogP contribution in [0.2, 0.25) is 0 Å². The number of nitrogens with zero attached hydrogens (tertiary/aromatic N) is 2. The molecule has 0 aromatic heterocycles. The van der Waals surface area contributed by atoms with Gasteiger partial charge in [0.2, 0.25) is 28.6 Å². The van der Waals surface area contributed by atoms with Crippen molar-refractivity contribution in [2.45, 2.75) is 26.4 Å². The van der Waals surface area contributed by atoms with Gasteiger partial charge in [0.15, 0.2) is 11.5 Å². The molecule has 9 nitrogen and oxygen atoms in total.